The summed E-state index contributed by atoms with van der Waals surface area (Å²) in [5.74, 6) is 0.688. The number of nitrogens with one attached hydrogen (secondary N) is 1. The van der Waals surface area contributed by atoms with Crippen molar-refractivity contribution in [3.63, 3.8) is 0 Å². The topological polar surface area (TPSA) is 21.3 Å². The molecule has 118 valence electrons. The molecule has 0 saturated heterocycles. The maximum Gasteiger partial charge on any atom is 0.165 e. The summed E-state index contributed by atoms with van der Waals surface area (Å²) in [5, 5.41) is 3.64. The lowest BCUT2D eigenvalue weighted by molar-refractivity contribution is 0.323. The zero-order valence-electron chi connectivity index (χ0n) is 13.3. The molecule has 1 aliphatic carbocycles. The lowest BCUT2D eigenvalue weighted by atomic mass is 9.87. The predicted octanol–water partition coefficient (Wildman–Crippen LogP) is 4.85. The smallest absolute Gasteiger partial charge is 0.165 e. The molecule has 1 saturated carbocycles. The monoisotopic (exact) mass is 293 g/mol. The van der Waals surface area contributed by atoms with Gasteiger partial charge in [-0.25, -0.2) is 4.39 Å². The standard InChI is InChI=1S/C18H28FNO/c1-3-12-20-18(14-8-6-4-5-7-9-14)15-10-11-17(21-2)16(19)13-15/h10-11,13-14,18,20H,3-9,12H2,1-2H3. The van der Waals surface area contributed by atoms with Gasteiger partial charge in [0.2, 0.25) is 0 Å². The van der Waals surface area contributed by atoms with Gasteiger partial charge in [0.05, 0.1) is 7.11 Å². The van der Waals surface area contributed by atoms with Crippen LogP contribution in [0.3, 0.4) is 0 Å². The van der Waals surface area contributed by atoms with Crippen molar-refractivity contribution in [2.45, 2.75) is 57.9 Å². The second-order valence-electron chi connectivity index (χ2n) is 6.08. The Kier molecular flexibility index (Phi) is 6.50. The fraction of sp³-hybridized carbons (Fsp3) is 0.667. The SMILES string of the molecule is CCCNC(c1ccc(OC)c(F)c1)C1CCCCCC1. The highest BCUT2D eigenvalue weighted by molar-refractivity contribution is 5.31. The van der Waals surface area contributed by atoms with Crippen molar-refractivity contribution < 1.29 is 9.13 Å². The van der Waals surface area contributed by atoms with Gasteiger partial charge in [-0.3, -0.25) is 0 Å². The van der Waals surface area contributed by atoms with Gasteiger partial charge in [0.1, 0.15) is 0 Å². The van der Waals surface area contributed by atoms with E-state index in [-0.39, 0.29) is 11.9 Å². The Morgan fingerprint density at radius 2 is 1.95 bits per heavy atom. The Labute approximate surface area is 128 Å². The summed E-state index contributed by atoms with van der Waals surface area (Å²) in [6.45, 7) is 3.15. The van der Waals surface area contributed by atoms with Crippen molar-refractivity contribution in [3.8, 4) is 5.75 Å². The largest absolute Gasteiger partial charge is 0.494 e. The van der Waals surface area contributed by atoms with Gasteiger partial charge in [0.15, 0.2) is 11.6 Å². The lowest BCUT2D eigenvalue weighted by Crippen LogP contribution is -2.29. The number of hydrogen-bond donors (Lipinski definition) is 1. The molecule has 0 aliphatic heterocycles. The van der Waals surface area contributed by atoms with Gasteiger partial charge in [0, 0.05) is 6.04 Å². The van der Waals surface area contributed by atoms with E-state index >= 15 is 0 Å². The van der Waals surface area contributed by atoms with Gasteiger partial charge in [-0.15, -0.1) is 0 Å². The molecule has 0 spiro atoms. The maximum absolute atomic E-state index is 14.0. The minimum Gasteiger partial charge on any atom is -0.494 e. The van der Waals surface area contributed by atoms with Crippen molar-refractivity contribution in [2.24, 2.45) is 5.92 Å². The van der Waals surface area contributed by atoms with Gasteiger partial charge in [0.25, 0.3) is 0 Å². The van der Waals surface area contributed by atoms with Crippen LogP contribution in [-0.4, -0.2) is 13.7 Å². The van der Waals surface area contributed by atoms with E-state index in [4.69, 9.17) is 4.74 Å². The Morgan fingerprint density at radius 3 is 2.52 bits per heavy atom. The van der Waals surface area contributed by atoms with Crippen LogP contribution in [0.5, 0.6) is 5.75 Å². The van der Waals surface area contributed by atoms with Crippen molar-refractivity contribution in [3.05, 3.63) is 29.6 Å². The zero-order chi connectivity index (χ0) is 15.1. The summed E-state index contributed by atoms with van der Waals surface area (Å²) >= 11 is 0. The van der Waals surface area contributed by atoms with Gasteiger partial charge in [-0.1, -0.05) is 38.7 Å². The van der Waals surface area contributed by atoms with E-state index in [1.807, 2.05) is 6.07 Å². The number of methoxy groups -OCH3 is 1. The lowest BCUT2D eigenvalue weighted by Gasteiger charge is -2.28. The van der Waals surface area contributed by atoms with Crippen LogP contribution in [-0.2, 0) is 0 Å². The first-order chi connectivity index (χ1) is 10.3. The average molecular weight is 293 g/mol. The van der Waals surface area contributed by atoms with Gasteiger partial charge in [-0.05, 0) is 49.4 Å². The molecule has 3 heteroatoms. The van der Waals surface area contributed by atoms with Crippen LogP contribution in [0.25, 0.3) is 0 Å². The fourth-order valence-corrected chi connectivity index (χ4v) is 3.38. The summed E-state index contributed by atoms with van der Waals surface area (Å²) in [5.41, 5.74) is 1.06. The Morgan fingerprint density at radius 1 is 1.24 bits per heavy atom. The second kappa shape index (κ2) is 8.38. The Balaban J connectivity index is 2.19. The first-order valence-electron chi connectivity index (χ1n) is 8.33. The molecule has 1 atom stereocenters. The van der Waals surface area contributed by atoms with Gasteiger partial charge in [-0.2, -0.15) is 0 Å². The Bertz CT molecular complexity index is 427. The van der Waals surface area contributed by atoms with E-state index in [9.17, 15) is 4.39 Å². The van der Waals surface area contributed by atoms with E-state index in [0.29, 0.717) is 11.7 Å². The highest BCUT2D eigenvalue weighted by Crippen LogP contribution is 2.34. The number of benzene rings is 1. The van der Waals surface area contributed by atoms with Crippen molar-refractivity contribution >= 4 is 0 Å². The molecule has 1 aromatic rings. The molecule has 1 fully saturated rings. The van der Waals surface area contributed by atoms with Crippen LogP contribution in [0.2, 0.25) is 0 Å². The van der Waals surface area contributed by atoms with Crippen LogP contribution in [0.15, 0.2) is 18.2 Å². The quantitative estimate of drug-likeness (QED) is 0.757. The molecule has 1 aromatic carbocycles. The van der Waals surface area contributed by atoms with Crippen LogP contribution >= 0.6 is 0 Å². The number of ether oxygens (including phenoxy) is 1. The molecule has 0 bridgehead atoms. The highest BCUT2D eigenvalue weighted by Gasteiger charge is 2.24. The van der Waals surface area contributed by atoms with Crippen molar-refractivity contribution in [1.82, 2.24) is 5.32 Å². The minimum absolute atomic E-state index is 0.257. The van der Waals surface area contributed by atoms with Crippen LogP contribution in [0.4, 0.5) is 4.39 Å². The van der Waals surface area contributed by atoms with E-state index in [1.165, 1.54) is 45.6 Å². The maximum atomic E-state index is 14.0. The Hall–Kier alpha value is -1.09. The van der Waals surface area contributed by atoms with E-state index in [2.05, 4.69) is 12.2 Å². The molecular formula is C18H28FNO. The van der Waals surface area contributed by atoms with Crippen LogP contribution < -0.4 is 10.1 Å². The minimum atomic E-state index is -0.257. The van der Waals surface area contributed by atoms with Crippen LogP contribution in [0, 0.1) is 11.7 Å². The molecule has 0 radical (unpaired) electrons. The highest BCUT2D eigenvalue weighted by atomic mass is 19.1. The number of rotatable bonds is 6. The summed E-state index contributed by atoms with van der Waals surface area (Å²) in [6, 6.07) is 5.68. The molecule has 1 aliphatic rings. The third kappa shape index (κ3) is 4.44. The van der Waals surface area contributed by atoms with Gasteiger partial charge < -0.3 is 10.1 Å². The molecule has 0 heterocycles. The molecule has 21 heavy (non-hydrogen) atoms. The molecule has 1 N–H and O–H groups in total. The summed E-state index contributed by atoms with van der Waals surface area (Å²) in [4.78, 5) is 0. The molecule has 2 nitrogen and oxygen atoms in total. The predicted molar refractivity (Wildman–Crippen MR) is 85.2 cm³/mol. The average Bonchev–Trinajstić information content (AvgIpc) is 2.77. The summed E-state index contributed by atoms with van der Waals surface area (Å²) in [6.07, 6.45) is 8.87. The third-order valence-corrected chi connectivity index (χ3v) is 4.52. The van der Waals surface area contributed by atoms with E-state index in [0.717, 1.165) is 18.5 Å². The third-order valence-electron chi connectivity index (χ3n) is 4.52. The molecule has 0 amide bonds. The van der Waals surface area contributed by atoms with E-state index in [1.54, 1.807) is 12.1 Å². The molecule has 1 unspecified atom stereocenters. The first kappa shape index (κ1) is 16.3. The van der Waals surface area contributed by atoms with Gasteiger partial charge >= 0.3 is 0 Å². The molecule has 2 rings (SSSR count). The molecule has 0 aromatic heterocycles. The van der Waals surface area contributed by atoms with E-state index < -0.39 is 0 Å². The van der Waals surface area contributed by atoms with Crippen molar-refractivity contribution in [1.29, 1.82) is 0 Å². The van der Waals surface area contributed by atoms with Crippen LogP contribution in [0.1, 0.15) is 63.5 Å². The summed E-state index contributed by atoms with van der Waals surface area (Å²) in [7, 11) is 1.51. The molecular weight excluding hydrogens is 265 g/mol. The van der Waals surface area contributed by atoms with Crippen molar-refractivity contribution in [2.75, 3.05) is 13.7 Å². The first-order valence-corrected chi connectivity index (χ1v) is 8.33. The second-order valence-corrected chi connectivity index (χ2v) is 6.08. The fourth-order valence-electron chi connectivity index (χ4n) is 3.38. The number of halogens is 1. The normalized spacial score (nSPS) is 18.2. The summed E-state index contributed by atoms with van der Waals surface area (Å²) < 4.78 is 19.1. The zero-order valence-corrected chi connectivity index (χ0v) is 13.3. The number of hydrogen-bond acceptors (Lipinski definition) is 2.